The van der Waals surface area contributed by atoms with Gasteiger partial charge >= 0.3 is 0 Å². The van der Waals surface area contributed by atoms with Gasteiger partial charge in [0.1, 0.15) is 0 Å². The second-order valence-corrected chi connectivity index (χ2v) is 9.89. The van der Waals surface area contributed by atoms with Crippen LogP contribution in [0.1, 0.15) is 36.6 Å². The molecule has 0 bridgehead atoms. The average Bonchev–Trinajstić information content (AvgIpc) is 2.85. The van der Waals surface area contributed by atoms with Gasteiger partial charge in [0.15, 0.2) is 10.8 Å². The van der Waals surface area contributed by atoms with Crippen LogP contribution in [0.2, 0.25) is 10.0 Å². The van der Waals surface area contributed by atoms with E-state index in [0.717, 1.165) is 52.8 Å². The smallest absolute Gasteiger partial charge is 0.264 e. The fourth-order valence-electron chi connectivity index (χ4n) is 4.62. The summed E-state index contributed by atoms with van der Waals surface area (Å²) in [5.74, 6) is 0. The van der Waals surface area contributed by atoms with Gasteiger partial charge in [-0.25, -0.2) is 9.97 Å². The molecule has 0 aliphatic heterocycles. The third kappa shape index (κ3) is 4.17. The normalized spacial score (nSPS) is 14.5. The molecule has 0 saturated heterocycles. The van der Waals surface area contributed by atoms with Gasteiger partial charge in [-0.1, -0.05) is 59.2 Å². The summed E-state index contributed by atoms with van der Waals surface area (Å²) in [5.41, 5.74) is 6.56. The number of benzene rings is 2. The van der Waals surface area contributed by atoms with E-state index in [-0.39, 0.29) is 5.56 Å². The van der Waals surface area contributed by atoms with E-state index in [1.165, 1.54) is 11.8 Å². The maximum absolute atomic E-state index is 13.7. The van der Waals surface area contributed by atoms with Crippen LogP contribution < -0.4 is 5.56 Å². The Balaban J connectivity index is 1.86. The van der Waals surface area contributed by atoms with Crippen LogP contribution >= 0.6 is 35.0 Å². The quantitative estimate of drug-likeness (QED) is 0.213. The predicted molar refractivity (Wildman–Crippen MR) is 144 cm³/mol. The van der Waals surface area contributed by atoms with Crippen molar-refractivity contribution in [3.8, 4) is 11.1 Å². The van der Waals surface area contributed by atoms with E-state index in [1.54, 1.807) is 4.57 Å². The van der Waals surface area contributed by atoms with Crippen LogP contribution in [0.4, 0.5) is 0 Å². The molecule has 2 heterocycles. The second kappa shape index (κ2) is 9.57. The lowest BCUT2D eigenvalue weighted by molar-refractivity contribution is 0.633. The van der Waals surface area contributed by atoms with Crippen LogP contribution in [0.15, 0.2) is 58.5 Å². The third-order valence-corrected chi connectivity index (χ3v) is 7.37. The summed E-state index contributed by atoms with van der Waals surface area (Å²) in [5, 5.41) is 2.62. The number of thioether (sulfide) groups is 1. The van der Waals surface area contributed by atoms with Crippen molar-refractivity contribution in [2.24, 2.45) is 0 Å². The number of pyridine rings is 1. The molecule has 0 N–H and O–H groups in total. The van der Waals surface area contributed by atoms with Gasteiger partial charge in [-0.15, -0.1) is 0 Å². The molecule has 0 amide bonds. The van der Waals surface area contributed by atoms with Crippen molar-refractivity contribution >= 4 is 57.6 Å². The topological polar surface area (TPSA) is 47.8 Å². The van der Waals surface area contributed by atoms with Crippen molar-refractivity contribution in [2.75, 3.05) is 6.26 Å². The molecular weight excluding hydrogens is 485 g/mol. The van der Waals surface area contributed by atoms with E-state index in [9.17, 15) is 4.79 Å². The maximum Gasteiger partial charge on any atom is 0.264 e. The number of hydrogen-bond donors (Lipinski definition) is 0. The number of halogens is 2. The van der Waals surface area contributed by atoms with Gasteiger partial charge in [-0.2, -0.15) is 0 Å². The van der Waals surface area contributed by atoms with Gasteiger partial charge in [0.05, 0.1) is 11.1 Å². The first-order chi connectivity index (χ1) is 16.5. The lowest BCUT2D eigenvalue weighted by atomic mass is 9.84. The minimum Gasteiger partial charge on any atom is -0.287 e. The lowest BCUT2D eigenvalue weighted by Crippen LogP contribution is -2.24. The first-order valence-electron chi connectivity index (χ1n) is 11.2. The number of hydrogen-bond acceptors (Lipinski definition) is 4. The Hall–Kier alpha value is -2.60. The monoisotopic (exact) mass is 507 g/mol. The summed E-state index contributed by atoms with van der Waals surface area (Å²) in [6.07, 6.45) is 6.85. The molecule has 0 saturated carbocycles. The molecule has 1 aliphatic carbocycles. The molecule has 7 heteroatoms. The molecule has 0 fully saturated rings. The van der Waals surface area contributed by atoms with E-state index in [0.29, 0.717) is 32.8 Å². The Bertz CT molecular complexity index is 1480. The zero-order valence-corrected chi connectivity index (χ0v) is 21.3. The third-order valence-electron chi connectivity index (χ3n) is 6.19. The highest BCUT2D eigenvalue weighted by atomic mass is 35.5. The highest BCUT2D eigenvalue weighted by Gasteiger charge is 2.26. The minimum absolute atomic E-state index is 0.0501. The van der Waals surface area contributed by atoms with Crippen LogP contribution in [-0.4, -0.2) is 20.8 Å². The van der Waals surface area contributed by atoms with E-state index in [4.69, 9.17) is 33.2 Å². The van der Waals surface area contributed by atoms with Gasteiger partial charge in [-0.3, -0.25) is 9.36 Å². The largest absolute Gasteiger partial charge is 0.287 e. The molecule has 1 aliphatic rings. The second-order valence-electron chi connectivity index (χ2n) is 8.24. The molecule has 0 unspecified atom stereocenters. The first-order valence-corrected chi connectivity index (χ1v) is 13.2. The molecule has 4 aromatic rings. The number of nitrogens with zero attached hydrogens (tertiary/aromatic N) is 3. The Morgan fingerprint density at radius 3 is 2.32 bits per heavy atom. The molecule has 0 spiro atoms. The molecule has 172 valence electrons. The Morgan fingerprint density at radius 1 is 1.00 bits per heavy atom. The van der Waals surface area contributed by atoms with Crippen molar-refractivity contribution in [3.63, 3.8) is 0 Å². The minimum atomic E-state index is -0.0501. The van der Waals surface area contributed by atoms with E-state index >= 15 is 0 Å². The Morgan fingerprint density at radius 2 is 1.68 bits per heavy atom. The summed E-state index contributed by atoms with van der Waals surface area (Å²) in [4.78, 5) is 23.5. The predicted octanol–water partition coefficient (Wildman–Crippen LogP) is 7.38. The molecule has 0 atom stereocenters. The summed E-state index contributed by atoms with van der Waals surface area (Å²) >= 11 is 13.7. The fraction of sp³-hybridized carbons (Fsp3) is 0.222. The van der Waals surface area contributed by atoms with E-state index in [2.05, 4.69) is 6.08 Å². The van der Waals surface area contributed by atoms with Crippen molar-refractivity contribution in [1.29, 1.82) is 0 Å². The van der Waals surface area contributed by atoms with Gasteiger partial charge in [0, 0.05) is 22.2 Å². The van der Waals surface area contributed by atoms with E-state index < -0.39 is 0 Å². The van der Waals surface area contributed by atoms with Crippen LogP contribution in [0.3, 0.4) is 0 Å². The number of allylic oxidation sites excluding steroid dienone is 1. The number of aromatic nitrogens is 3. The molecule has 0 radical (unpaired) electrons. The van der Waals surface area contributed by atoms with Crippen molar-refractivity contribution < 1.29 is 0 Å². The molecule has 5 rings (SSSR count). The van der Waals surface area contributed by atoms with Crippen molar-refractivity contribution in [1.82, 2.24) is 14.5 Å². The highest BCUT2D eigenvalue weighted by molar-refractivity contribution is 7.98. The summed E-state index contributed by atoms with van der Waals surface area (Å²) in [7, 11) is 0. The van der Waals surface area contributed by atoms with Crippen LogP contribution in [-0.2, 0) is 13.0 Å². The van der Waals surface area contributed by atoms with Crippen molar-refractivity contribution in [2.45, 2.75) is 37.9 Å². The van der Waals surface area contributed by atoms with Crippen LogP contribution in [0.25, 0.3) is 33.8 Å². The molecule has 4 nitrogen and oxygen atoms in total. The molecule has 2 aromatic heterocycles. The number of rotatable bonds is 4. The average molecular weight is 508 g/mol. The van der Waals surface area contributed by atoms with Gasteiger partial charge in [0.2, 0.25) is 0 Å². The summed E-state index contributed by atoms with van der Waals surface area (Å²) in [6, 6.07) is 15.5. The maximum atomic E-state index is 13.7. The standard InChI is InChI=1S/C27H23Cl2N3OS/c1-3-32-26(33)23-22(17-9-13-20(29)14-10-17)21-6-4-5-18(15-16-7-11-19(28)12-8-16)24(21)30-25(23)31-27(32)34-2/h7-15H,3-6H2,1-2H3/b18-15+. The van der Waals surface area contributed by atoms with Crippen LogP contribution in [0.5, 0.6) is 0 Å². The zero-order valence-electron chi connectivity index (χ0n) is 18.9. The van der Waals surface area contributed by atoms with Crippen LogP contribution in [0, 0.1) is 0 Å². The fourth-order valence-corrected chi connectivity index (χ4v) is 5.48. The SMILES string of the molecule is CCn1c(SC)nc2nc3c(c(-c4ccc(Cl)cc4)c2c1=O)CCC/C3=C\c1ccc(Cl)cc1. The summed E-state index contributed by atoms with van der Waals surface area (Å²) in [6.45, 7) is 2.52. The zero-order chi connectivity index (χ0) is 23.8. The molecule has 34 heavy (non-hydrogen) atoms. The van der Waals surface area contributed by atoms with Gasteiger partial charge in [-0.05, 0) is 85.0 Å². The van der Waals surface area contributed by atoms with Gasteiger partial charge in [0.25, 0.3) is 5.56 Å². The molecule has 2 aromatic carbocycles. The highest BCUT2D eigenvalue weighted by Crippen LogP contribution is 2.40. The summed E-state index contributed by atoms with van der Waals surface area (Å²) < 4.78 is 1.73. The first kappa shape index (κ1) is 23.2. The molecular formula is C27H23Cl2N3OS. The lowest BCUT2D eigenvalue weighted by Gasteiger charge is -2.23. The van der Waals surface area contributed by atoms with Crippen molar-refractivity contribution in [3.05, 3.63) is 85.8 Å². The van der Waals surface area contributed by atoms with E-state index in [1.807, 2.05) is 61.7 Å². The Kier molecular flexibility index (Phi) is 6.52. The van der Waals surface area contributed by atoms with Gasteiger partial charge < -0.3 is 0 Å². The Labute approximate surface area is 212 Å². The number of fused-ring (bicyclic) bond motifs is 2.